The Morgan fingerprint density at radius 3 is 2.25 bits per heavy atom. The second kappa shape index (κ2) is 6.95. The predicted octanol–water partition coefficient (Wildman–Crippen LogP) is 6.10. The van der Waals surface area contributed by atoms with Crippen molar-refractivity contribution in [3.63, 3.8) is 0 Å². The Balaban J connectivity index is 2.08. The molecule has 3 rings (SSSR count). The van der Waals surface area contributed by atoms with Crippen LogP contribution in [0.4, 0.5) is 11.4 Å². The molecule has 0 amide bonds. The number of rotatable bonds is 4. The average Bonchev–Trinajstić information content (AvgIpc) is 2.59. The number of halogens is 2. The number of carbonyl (C=O) groups is 1. The van der Waals surface area contributed by atoms with Crippen molar-refractivity contribution in [2.24, 2.45) is 0 Å². The molecule has 5 heteroatoms. The van der Waals surface area contributed by atoms with Crippen LogP contribution < -0.4 is 5.32 Å². The fourth-order valence-electron chi connectivity index (χ4n) is 2.42. The molecule has 0 atom stereocenters. The molecule has 0 aliphatic rings. The van der Waals surface area contributed by atoms with Crippen molar-refractivity contribution in [1.82, 2.24) is 0 Å². The first-order valence-corrected chi connectivity index (χ1v) is 7.96. The molecule has 3 nitrogen and oxygen atoms in total. The third-order valence-corrected chi connectivity index (χ3v) is 4.30. The Morgan fingerprint density at radius 1 is 0.875 bits per heavy atom. The van der Waals surface area contributed by atoms with Crippen LogP contribution in [-0.4, -0.2) is 11.1 Å². The molecule has 0 saturated carbocycles. The first kappa shape index (κ1) is 16.4. The lowest BCUT2D eigenvalue weighted by Gasteiger charge is -2.15. The van der Waals surface area contributed by atoms with Crippen molar-refractivity contribution < 1.29 is 9.90 Å². The van der Waals surface area contributed by atoms with Gasteiger partial charge in [0.1, 0.15) is 0 Å². The van der Waals surface area contributed by atoms with Gasteiger partial charge in [-0.05, 0) is 23.8 Å². The summed E-state index contributed by atoms with van der Waals surface area (Å²) < 4.78 is 0. The Morgan fingerprint density at radius 2 is 1.54 bits per heavy atom. The van der Waals surface area contributed by atoms with Gasteiger partial charge >= 0.3 is 5.97 Å². The molecule has 3 aromatic carbocycles. The number of hydrogen-bond acceptors (Lipinski definition) is 2. The molecular formula is C19H13Cl2NO2. The maximum atomic E-state index is 11.4. The second-order valence-electron chi connectivity index (χ2n) is 5.13. The molecule has 0 fully saturated rings. The van der Waals surface area contributed by atoms with Crippen LogP contribution in [0.1, 0.15) is 10.4 Å². The van der Waals surface area contributed by atoms with Crippen LogP contribution in [0, 0.1) is 0 Å². The van der Waals surface area contributed by atoms with E-state index in [0.29, 0.717) is 21.4 Å². The molecule has 0 unspecified atom stereocenters. The van der Waals surface area contributed by atoms with E-state index in [1.807, 2.05) is 36.4 Å². The van der Waals surface area contributed by atoms with E-state index in [2.05, 4.69) is 5.32 Å². The lowest BCUT2D eigenvalue weighted by atomic mass is 10.0. The van der Waals surface area contributed by atoms with Crippen LogP contribution in [0.25, 0.3) is 11.1 Å². The molecule has 0 aliphatic heterocycles. The van der Waals surface area contributed by atoms with Gasteiger partial charge in [0.15, 0.2) is 0 Å². The minimum Gasteiger partial charge on any atom is -0.478 e. The van der Waals surface area contributed by atoms with Gasteiger partial charge in [-0.15, -0.1) is 0 Å². The standard InChI is InChI=1S/C19H13Cl2NO2/c20-15-11-10-13(12-6-2-1-3-7-12)17(21)18(15)22-16-9-5-4-8-14(16)19(23)24/h1-11,22H,(H,23,24). The topological polar surface area (TPSA) is 49.3 Å². The van der Waals surface area contributed by atoms with E-state index in [1.165, 1.54) is 6.07 Å². The maximum Gasteiger partial charge on any atom is 0.337 e. The van der Waals surface area contributed by atoms with Gasteiger partial charge in [0.05, 0.1) is 27.0 Å². The van der Waals surface area contributed by atoms with Gasteiger partial charge in [-0.25, -0.2) is 4.79 Å². The fraction of sp³-hybridized carbons (Fsp3) is 0. The van der Waals surface area contributed by atoms with E-state index in [4.69, 9.17) is 23.2 Å². The largest absolute Gasteiger partial charge is 0.478 e. The zero-order chi connectivity index (χ0) is 17.1. The van der Waals surface area contributed by atoms with Crippen molar-refractivity contribution in [1.29, 1.82) is 0 Å². The van der Waals surface area contributed by atoms with Gasteiger partial charge in [0.2, 0.25) is 0 Å². The molecule has 120 valence electrons. The van der Waals surface area contributed by atoms with Crippen LogP contribution in [0.5, 0.6) is 0 Å². The molecule has 3 aromatic rings. The van der Waals surface area contributed by atoms with Gasteiger partial charge in [-0.2, -0.15) is 0 Å². The van der Waals surface area contributed by atoms with E-state index in [1.54, 1.807) is 24.3 Å². The maximum absolute atomic E-state index is 11.4. The van der Waals surface area contributed by atoms with Crippen LogP contribution in [0.2, 0.25) is 10.0 Å². The van der Waals surface area contributed by atoms with Crippen LogP contribution in [-0.2, 0) is 0 Å². The smallest absolute Gasteiger partial charge is 0.337 e. The summed E-state index contributed by atoms with van der Waals surface area (Å²) in [7, 11) is 0. The molecule has 0 spiro atoms. The number of benzene rings is 3. The lowest BCUT2D eigenvalue weighted by Crippen LogP contribution is -2.03. The van der Waals surface area contributed by atoms with Crippen LogP contribution >= 0.6 is 23.2 Å². The average molecular weight is 358 g/mol. The predicted molar refractivity (Wildman–Crippen MR) is 98.6 cm³/mol. The third kappa shape index (κ3) is 3.23. The van der Waals surface area contributed by atoms with Gasteiger partial charge in [-0.1, -0.05) is 71.7 Å². The number of anilines is 2. The van der Waals surface area contributed by atoms with E-state index < -0.39 is 5.97 Å². The summed E-state index contributed by atoms with van der Waals surface area (Å²) in [6.45, 7) is 0. The highest BCUT2D eigenvalue weighted by molar-refractivity contribution is 6.41. The Labute approximate surface area is 149 Å². The molecule has 0 aliphatic carbocycles. The summed E-state index contributed by atoms with van der Waals surface area (Å²) in [5.41, 5.74) is 2.83. The van der Waals surface area contributed by atoms with E-state index >= 15 is 0 Å². The van der Waals surface area contributed by atoms with Crippen molar-refractivity contribution in [3.05, 3.63) is 82.3 Å². The SMILES string of the molecule is O=C(O)c1ccccc1Nc1c(Cl)ccc(-c2ccccc2)c1Cl. The number of carboxylic acid groups (broad SMARTS) is 1. The Hall–Kier alpha value is -2.49. The van der Waals surface area contributed by atoms with Crippen molar-refractivity contribution in [2.45, 2.75) is 0 Å². The summed E-state index contributed by atoms with van der Waals surface area (Å²) in [4.78, 5) is 11.4. The summed E-state index contributed by atoms with van der Waals surface area (Å²) in [5, 5.41) is 13.2. The Kier molecular flexibility index (Phi) is 4.74. The summed E-state index contributed by atoms with van der Waals surface area (Å²) in [6, 6.07) is 19.9. The summed E-state index contributed by atoms with van der Waals surface area (Å²) >= 11 is 12.8. The minimum absolute atomic E-state index is 0.148. The highest BCUT2D eigenvalue weighted by Crippen LogP contribution is 2.40. The monoisotopic (exact) mass is 357 g/mol. The molecule has 0 aromatic heterocycles. The number of hydrogen-bond donors (Lipinski definition) is 2. The number of para-hydroxylation sites is 1. The molecule has 0 radical (unpaired) electrons. The van der Waals surface area contributed by atoms with Gasteiger partial charge in [0, 0.05) is 5.56 Å². The molecule has 24 heavy (non-hydrogen) atoms. The summed E-state index contributed by atoms with van der Waals surface area (Å²) in [6.07, 6.45) is 0. The molecule has 0 saturated heterocycles. The molecule has 0 bridgehead atoms. The van der Waals surface area contributed by atoms with Gasteiger partial charge in [0.25, 0.3) is 0 Å². The highest BCUT2D eigenvalue weighted by atomic mass is 35.5. The zero-order valence-electron chi connectivity index (χ0n) is 12.5. The first-order valence-electron chi connectivity index (χ1n) is 7.20. The van der Waals surface area contributed by atoms with E-state index in [9.17, 15) is 9.90 Å². The molecule has 2 N–H and O–H groups in total. The zero-order valence-corrected chi connectivity index (χ0v) is 14.0. The van der Waals surface area contributed by atoms with E-state index in [0.717, 1.165) is 11.1 Å². The number of aromatic carboxylic acids is 1. The number of carboxylic acids is 1. The van der Waals surface area contributed by atoms with Crippen molar-refractivity contribution >= 4 is 40.5 Å². The fourth-order valence-corrected chi connectivity index (χ4v) is 3.00. The third-order valence-electron chi connectivity index (χ3n) is 3.59. The normalized spacial score (nSPS) is 10.4. The van der Waals surface area contributed by atoms with Crippen molar-refractivity contribution in [3.8, 4) is 11.1 Å². The lowest BCUT2D eigenvalue weighted by molar-refractivity contribution is 0.0698. The summed E-state index contributed by atoms with van der Waals surface area (Å²) in [5.74, 6) is -1.02. The Bertz CT molecular complexity index is 895. The van der Waals surface area contributed by atoms with Gasteiger partial charge < -0.3 is 10.4 Å². The highest BCUT2D eigenvalue weighted by Gasteiger charge is 2.15. The molecular weight excluding hydrogens is 345 g/mol. The van der Waals surface area contributed by atoms with Gasteiger partial charge in [-0.3, -0.25) is 0 Å². The second-order valence-corrected chi connectivity index (χ2v) is 5.91. The molecule has 0 heterocycles. The minimum atomic E-state index is -1.02. The number of nitrogens with one attached hydrogen (secondary N) is 1. The van der Waals surface area contributed by atoms with Crippen molar-refractivity contribution in [2.75, 3.05) is 5.32 Å². The van der Waals surface area contributed by atoms with E-state index in [-0.39, 0.29) is 5.56 Å². The quantitative estimate of drug-likeness (QED) is 0.592. The van der Waals surface area contributed by atoms with Crippen LogP contribution in [0.15, 0.2) is 66.7 Å². The van der Waals surface area contributed by atoms with Crippen LogP contribution in [0.3, 0.4) is 0 Å². The first-order chi connectivity index (χ1) is 11.6.